The van der Waals surface area contributed by atoms with Crippen LogP contribution in [0.5, 0.6) is 0 Å². The molecule has 9 heteroatoms. The molecule has 2 aromatic carbocycles. The topological polar surface area (TPSA) is 101 Å². The van der Waals surface area contributed by atoms with Gasteiger partial charge < -0.3 is 0 Å². The van der Waals surface area contributed by atoms with Gasteiger partial charge in [-0.15, -0.1) is 0 Å². The van der Waals surface area contributed by atoms with Gasteiger partial charge in [-0.25, -0.2) is 21.1 Å². The van der Waals surface area contributed by atoms with Crippen LogP contribution < -0.4 is 9.03 Å². The highest BCUT2D eigenvalue weighted by atomic mass is 32.2. The van der Waals surface area contributed by atoms with Crippen molar-refractivity contribution in [2.45, 2.75) is 25.2 Å². The molecule has 0 bridgehead atoms. The van der Waals surface area contributed by atoms with Crippen molar-refractivity contribution in [2.75, 3.05) is 14.8 Å². The summed E-state index contributed by atoms with van der Waals surface area (Å²) in [5.74, 6) is -0.755. The van der Waals surface area contributed by atoms with Crippen LogP contribution >= 0.6 is 0 Å². The average Bonchev–Trinajstić information content (AvgIpc) is 2.85. The monoisotopic (exact) mass is 394 g/mol. The molecule has 2 aromatic rings. The molecule has 1 fully saturated rings. The third-order valence-electron chi connectivity index (χ3n) is 4.31. The number of benzene rings is 2. The molecule has 26 heavy (non-hydrogen) atoms. The maximum absolute atomic E-state index is 12.6. The van der Waals surface area contributed by atoms with Crippen molar-refractivity contribution in [3.8, 4) is 0 Å². The molecule has 138 valence electrons. The van der Waals surface area contributed by atoms with E-state index in [4.69, 9.17) is 0 Å². The lowest BCUT2D eigenvalue weighted by atomic mass is 10.1. The Balaban J connectivity index is 1.90. The number of hydrogen-bond donors (Lipinski definition) is 1. The molecule has 0 radical (unpaired) electrons. The summed E-state index contributed by atoms with van der Waals surface area (Å²) in [6, 6.07) is 10.5. The highest BCUT2D eigenvalue weighted by molar-refractivity contribution is 7.94. The summed E-state index contributed by atoms with van der Waals surface area (Å²) >= 11 is 0. The molecule has 1 N–H and O–H groups in total. The number of carbonyl (C=O) groups excluding carboxylic acids is 1. The summed E-state index contributed by atoms with van der Waals surface area (Å²) in [5, 5.41) is 0. The van der Waals surface area contributed by atoms with Gasteiger partial charge in [0.25, 0.3) is 10.0 Å². The minimum absolute atomic E-state index is 0.0220. The van der Waals surface area contributed by atoms with E-state index in [1.165, 1.54) is 24.3 Å². The van der Waals surface area contributed by atoms with Crippen LogP contribution in [0.4, 0.5) is 11.4 Å². The fraction of sp³-hybridized carbons (Fsp3) is 0.235. The molecule has 1 aliphatic rings. The number of nitrogens with one attached hydrogen (secondary N) is 1. The first-order chi connectivity index (χ1) is 12.1. The number of nitrogens with zero attached hydrogens (tertiary/aromatic N) is 1. The molecule has 0 spiro atoms. The number of anilines is 2. The van der Waals surface area contributed by atoms with Gasteiger partial charge in [-0.3, -0.25) is 9.52 Å². The van der Waals surface area contributed by atoms with Crippen molar-refractivity contribution in [3.05, 3.63) is 53.6 Å². The van der Waals surface area contributed by atoms with Crippen molar-refractivity contribution in [2.24, 2.45) is 0 Å². The standard InChI is InChI=1S/C17H18N2O5S2/c1-12-4-3-5-16(13(12)2)18-26(23,24)15-8-6-14(7-9-15)19-17(20)10-11-25(19,21)22/h3-9,18H,10-11H2,1-2H3. The zero-order valence-corrected chi connectivity index (χ0v) is 15.9. The maximum atomic E-state index is 12.6. The Bertz CT molecular complexity index is 1070. The fourth-order valence-corrected chi connectivity index (χ4v) is 5.28. The molecular formula is C17H18N2O5S2. The van der Waals surface area contributed by atoms with Gasteiger partial charge >= 0.3 is 0 Å². The lowest BCUT2D eigenvalue weighted by molar-refractivity contribution is -0.116. The number of aryl methyl sites for hydroxylation is 1. The SMILES string of the molecule is Cc1cccc(NS(=O)(=O)c2ccc(N3C(=O)CCS3(=O)=O)cc2)c1C. The molecule has 1 heterocycles. The molecule has 1 aliphatic heterocycles. The smallest absolute Gasteiger partial charge is 0.261 e. The van der Waals surface area contributed by atoms with E-state index in [2.05, 4.69) is 4.72 Å². The van der Waals surface area contributed by atoms with Crippen molar-refractivity contribution in [1.29, 1.82) is 0 Å². The highest BCUT2D eigenvalue weighted by Crippen LogP contribution is 2.27. The molecule has 1 amide bonds. The summed E-state index contributed by atoms with van der Waals surface area (Å²) in [6.45, 7) is 3.70. The number of rotatable bonds is 4. The Morgan fingerprint density at radius 2 is 1.69 bits per heavy atom. The van der Waals surface area contributed by atoms with E-state index in [1.807, 2.05) is 19.9 Å². The van der Waals surface area contributed by atoms with Crippen molar-refractivity contribution >= 4 is 37.3 Å². The van der Waals surface area contributed by atoms with Crippen LogP contribution in [0, 0.1) is 13.8 Å². The Kier molecular flexibility index (Phi) is 4.53. The van der Waals surface area contributed by atoms with Crippen LogP contribution in [0.3, 0.4) is 0 Å². The lowest BCUT2D eigenvalue weighted by Gasteiger charge is -2.16. The van der Waals surface area contributed by atoms with Crippen LogP contribution in [-0.2, 0) is 24.8 Å². The zero-order valence-electron chi connectivity index (χ0n) is 14.3. The second kappa shape index (κ2) is 6.40. The summed E-state index contributed by atoms with van der Waals surface area (Å²) in [5.41, 5.74) is 2.39. The molecule has 3 rings (SSSR count). The third kappa shape index (κ3) is 3.32. The molecule has 0 atom stereocenters. The Morgan fingerprint density at radius 1 is 1.04 bits per heavy atom. The zero-order chi connectivity index (χ0) is 19.1. The van der Waals surface area contributed by atoms with E-state index in [-0.39, 0.29) is 22.8 Å². The van der Waals surface area contributed by atoms with Gasteiger partial charge in [0.1, 0.15) is 0 Å². The van der Waals surface area contributed by atoms with Gasteiger partial charge in [0.2, 0.25) is 15.9 Å². The normalized spacial score (nSPS) is 16.7. The van der Waals surface area contributed by atoms with Gasteiger partial charge in [-0.2, -0.15) is 0 Å². The molecule has 1 saturated heterocycles. The molecule has 0 aromatic heterocycles. The predicted molar refractivity (Wildman–Crippen MR) is 99.1 cm³/mol. The Hall–Kier alpha value is -2.39. The quantitative estimate of drug-likeness (QED) is 0.856. The number of carbonyl (C=O) groups is 1. The van der Waals surface area contributed by atoms with Gasteiger partial charge in [0.05, 0.1) is 22.0 Å². The number of amides is 1. The van der Waals surface area contributed by atoms with E-state index in [0.717, 1.165) is 15.4 Å². The number of sulfonamides is 2. The summed E-state index contributed by atoms with van der Waals surface area (Å²) in [6.07, 6.45) is -0.0728. The predicted octanol–water partition coefficient (Wildman–Crippen LogP) is 2.17. The molecule has 0 saturated carbocycles. The van der Waals surface area contributed by atoms with Crippen molar-refractivity contribution in [3.63, 3.8) is 0 Å². The van der Waals surface area contributed by atoms with Crippen molar-refractivity contribution in [1.82, 2.24) is 0 Å². The van der Waals surface area contributed by atoms with Crippen LogP contribution in [-0.4, -0.2) is 28.5 Å². The van der Waals surface area contributed by atoms with Crippen LogP contribution in [0.2, 0.25) is 0 Å². The van der Waals surface area contributed by atoms with E-state index in [9.17, 15) is 21.6 Å². The average molecular weight is 394 g/mol. The lowest BCUT2D eigenvalue weighted by Crippen LogP contribution is -2.29. The largest absolute Gasteiger partial charge is 0.279 e. The second-order valence-corrected chi connectivity index (χ2v) is 9.69. The first-order valence-electron chi connectivity index (χ1n) is 7.87. The van der Waals surface area contributed by atoms with Gasteiger partial charge in [0.15, 0.2) is 0 Å². The molecule has 7 nitrogen and oxygen atoms in total. The molecular weight excluding hydrogens is 376 g/mol. The Morgan fingerprint density at radius 3 is 2.27 bits per heavy atom. The van der Waals surface area contributed by atoms with Crippen molar-refractivity contribution < 1.29 is 21.6 Å². The molecule has 0 unspecified atom stereocenters. The second-order valence-electron chi connectivity index (χ2n) is 6.07. The number of hydrogen-bond acceptors (Lipinski definition) is 5. The minimum atomic E-state index is -3.84. The summed E-state index contributed by atoms with van der Waals surface area (Å²) in [4.78, 5) is 11.8. The highest BCUT2D eigenvalue weighted by Gasteiger charge is 2.36. The maximum Gasteiger partial charge on any atom is 0.261 e. The van der Waals surface area contributed by atoms with Crippen LogP contribution in [0.15, 0.2) is 47.4 Å². The van der Waals surface area contributed by atoms with E-state index in [0.29, 0.717) is 5.69 Å². The van der Waals surface area contributed by atoms with Gasteiger partial charge in [-0.05, 0) is 55.3 Å². The minimum Gasteiger partial charge on any atom is -0.279 e. The van der Waals surface area contributed by atoms with Crippen LogP contribution in [0.25, 0.3) is 0 Å². The summed E-state index contributed by atoms with van der Waals surface area (Å²) in [7, 11) is -7.52. The Labute approximate surface area is 152 Å². The summed E-state index contributed by atoms with van der Waals surface area (Å²) < 4.78 is 52.3. The van der Waals surface area contributed by atoms with Crippen LogP contribution in [0.1, 0.15) is 17.5 Å². The first-order valence-corrected chi connectivity index (χ1v) is 11.0. The van der Waals surface area contributed by atoms with E-state index >= 15 is 0 Å². The third-order valence-corrected chi connectivity index (χ3v) is 7.38. The van der Waals surface area contributed by atoms with Gasteiger partial charge in [0, 0.05) is 6.42 Å². The first kappa shape index (κ1) is 18.4. The van der Waals surface area contributed by atoms with E-state index < -0.39 is 26.0 Å². The molecule has 0 aliphatic carbocycles. The van der Waals surface area contributed by atoms with Gasteiger partial charge in [-0.1, -0.05) is 12.1 Å². The van der Waals surface area contributed by atoms with E-state index in [1.54, 1.807) is 12.1 Å². The fourth-order valence-electron chi connectivity index (χ4n) is 2.69.